The van der Waals surface area contributed by atoms with E-state index in [1.165, 1.54) is 5.56 Å². The Kier molecular flexibility index (Phi) is 4.42. The summed E-state index contributed by atoms with van der Waals surface area (Å²) in [6, 6.07) is 8.01. The summed E-state index contributed by atoms with van der Waals surface area (Å²) >= 11 is 0. The predicted molar refractivity (Wildman–Crippen MR) is 76.2 cm³/mol. The minimum absolute atomic E-state index is 0.0261. The lowest BCUT2D eigenvalue weighted by molar-refractivity contribution is -0.141. The Morgan fingerprint density at radius 3 is 2.35 bits per heavy atom. The molecule has 3 unspecified atom stereocenters. The van der Waals surface area contributed by atoms with Gasteiger partial charge in [-0.15, -0.1) is 0 Å². The van der Waals surface area contributed by atoms with E-state index in [2.05, 4.69) is 5.32 Å². The predicted octanol–water partition coefficient (Wildman–Crippen LogP) is 2.67. The number of nitrogens with one attached hydrogen (secondary N) is 1. The van der Waals surface area contributed by atoms with Crippen LogP contribution in [0.15, 0.2) is 24.3 Å². The minimum atomic E-state index is -0.785. The lowest BCUT2D eigenvalue weighted by atomic mass is 10.0. The second-order valence-electron chi connectivity index (χ2n) is 5.69. The molecule has 3 atom stereocenters. The van der Waals surface area contributed by atoms with Crippen LogP contribution in [0.3, 0.4) is 0 Å². The van der Waals surface area contributed by atoms with E-state index < -0.39 is 5.97 Å². The van der Waals surface area contributed by atoms with E-state index in [1.54, 1.807) is 0 Å². The van der Waals surface area contributed by atoms with Crippen molar-refractivity contribution in [3.8, 4) is 0 Å². The summed E-state index contributed by atoms with van der Waals surface area (Å²) < 4.78 is 0. The number of amides is 1. The summed E-state index contributed by atoms with van der Waals surface area (Å²) in [7, 11) is 0. The highest BCUT2D eigenvalue weighted by atomic mass is 16.4. The monoisotopic (exact) mass is 275 g/mol. The Balaban J connectivity index is 1.91. The molecule has 2 N–H and O–H groups in total. The Hall–Kier alpha value is -1.84. The third kappa shape index (κ3) is 3.38. The van der Waals surface area contributed by atoms with Crippen LogP contribution in [0, 0.1) is 18.8 Å². The number of carboxylic acids is 1. The minimum Gasteiger partial charge on any atom is -0.481 e. The molecule has 1 amide bonds. The van der Waals surface area contributed by atoms with Crippen LogP contribution >= 0.6 is 0 Å². The van der Waals surface area contributed by atoms with E-state index in [-0.39, 0.29) is 23.8 Å². The van der Waals surface area contributed by atoms with E-state index in [0.29, 0.717) is 19.3 Å². The third-order valence-corrected chi connectivity index (χ3v) is 4.09. The molecule has 0 aromatic heterocycles. The third-order valence-electron chi connectivity index (χ3n) is 4.09. The van der Waals surface area contributed by atoms with Crippen molar-refractivity contribution in [1.82, 2.24) is 5.32 Å². The van der Waals surface area contributed by atoms with Crippen molar-refractivity contribution in [2.45, 2.75) is 39.2 Å². The lowest BCUT2D eigenvalue weighted by Gasteiger charge is -2.17. The summed E-state index contributed by atoms with van der Waals surface area (Å²) in [6.07, 6.45) is 1.73. The number of rotatable bonds is 4. The van der Waals surface area contributed by atoms with Crippen molar-refractivity contribution in [3.05, 3.63) is 35.4 Å². The normalized spacial score (nSPS) is 23.3. The lowest BCUT2D eigenvalue weighted by Crippen LogP contribution is -2.32. The van der Waals surface area contributed by atoms with Crippen LogP contribution in [-0.4, -0.2) is 17.0 Å². The zero-order valence-electron chi connectivity index (χ0n) is 11.9. The summed E-state index contributed by atoms with van der Waals surface area (Å²) in [5, 5.41) is 12.0. The maximum atomic E-state index is 12.2. The Labute approximate surface area is 119 Å². The summed E-state index contributed by atoms with van der Waals surface area (Å²) in [5.41, 5.74) is 2.25. The van der Waals surface area contributed by atoms with Gasteiger partial charge in [0.25, 0.3) is 0 Å². The van der Waals surface area contributed by atoms with Gasteiger partial charge in [0.1, 0.15) is 0 Å². The van der Waals surface area contributed by atoms with E-state index in [0.717, 1.165) is 5.56 Å². The van der Waals surface area contributed by atoms with Gasteiger partial charge in [0.05, 0.1) is 12.0 Å². The van der Waals surface area contributed by atoms with Crippen LogP contribution in [0.25, 0.3) is 0 Å². The SMILES string of the molecule is Cc1ccc(C(C)NC(=O)C2CCC(C(=O)O)C2)cc1. The number of hydrogen-bond donors (Lipinski definition) is 2. The van der Waals surface area contributed by atoms with Crippen molar-refractivity contribution in [1.29, 1.82) is 0 Å². The maximum absolute atomic E-state index is 12.2. The molecule has 1 fully saturated rings. The topological polar surface area (TPSA) is 66.4 Å². The van der Waals surface area contributed by atoms with Crippen LogP contribution in [0.4, 0.5) is 0 Å². The molecule has 0 spiro atoms. The Morgan fingerprint density at radius 2 is 1.80 bits per heavy atom. The number of hydrogen-bond acceptors (Lipinski definition) is 2. The van der Waals surface area contributed by atoms with Gasteiger partial charge in [-0.2, -0.15) is 0 Å². The number of carboxylic acid groups (broad SMARTS) is 1. The van der Waals surface area contributed by atoms with E-state index in [4.69, 9.17) is 5.11 Å². The fraction of sp³-hybridized carbons (Fsp3) is 0.500. The standard InChI is InChI=1S/C16H21NO3/c1-10-3-5-12(6-4-10)11(2)17-15(18)13-7-8-14(9-13)16(19)20/h3-6,11,13-14H,7-9H2,1-2H3,(H,17,18)(H,19,20). The Morgan fingerprint density at radius 1 is 1.20 bits per heavy atom. The van der Waals surface area contributed by atoms with E-state index >= 15 is 0 Å². The molecule has 0 bridgehead atoms. The van der Waals surface area contributed by atoms with Crippen molar-refractivity contribution >= 4 is 11.9 Å². The van der Waals surface area contributed by atoms with Crippen molar-refractivity contribution in [2.24, 2.45) is 11.8 Å². The Bertz CT molecular complexity index is 495. The van der Waals surface area contributed by atoms with Gasteiger partial charge in [-0.1, -0.05) is 29.8 Å². The molecule has 0 aliphatic heterocycles. The van der Waals surface area contributed by atoms with Crippen LogP contribution in [0.2, 0.25) is 0 Å². The second-order valence-corrected chi connectivity index (χ2v) is 5.69. The molecule has 20 heavy (non-hydrogen) atoms. The maximum Gasteiger partial charge on any atom is 0.306 e. The van der Waals surface area contributed by atoms with Crippen LogP contribution in [0.5, 0.6) is 0 Å². The van der Waals surface area contributed by atoms with Crippen molar-refractivity contribution < 1.29 is 14.7 Å². The number of carbonyl (C=O) groups excluding carboxylic acids is 1. The van der Waals surface area contributed by atoms with Gasteiger partial charge in [0.15, 0.2) is 0 Å². The quantitative estimate of drug-likeness (QED) is 0.887. The van der Waals surface area contributed by atoms with Crippen molar-refractivity contribution in [2.75, 3.05) is 0 Å². The van der Waals surface area contributed by atoms with E-state index in [1.807, 2.05) is 38.1 Å². The van der Waals surface area contributed by atoms with Gasteiger partial charge in [-0.3, -0.25) is 9.59 Å². The number of aliphatic carboxylic acids is 1. The second kappa shape index (κ2) is 6.07. The van der Waals surface area contributed by atoms with Crippen LogP contribution < -0.4 is 5.32 Å². The molecule has 0 saturated heterocycles. The molecular formula is C16H21NO3. The molecule has 0 heterocycles. The van der Waals surface area contributed by atoms with Gasteiger partial charge in [0.2, 0.25) is 5.91 Å². The first-order valence-electron chi connectivity index (χ1n) is 7.07. The molecule has 4 heteroatoms. The molecule has 0 radical (unpaired) electrons. The van der Waals surface area contributed by atoms with Gasteiger partial charge < -0.3 is 10.4 Å². The van der Waals surface area contributed by atoms with E-state index in [9.17, 15) is 9.59 Å². The first-order valence-corrected chi connectivity index (χ1v) is 7.07. The van der Waals surface area contributed by atoms with Gasteiger partial charge in [-0.25, -0.2) is 0 Å². The highest BCUT2D eigenvalue weighted by Crippen LogP contribution is 2.31. The molecule has 1 saturated carbocycles. The largest absolute Gasteiger partial charge is 0.481 e. The zero-order chi connectivity index (χ0) is 14.7. The first-order chi connectivity index (χ1) is 9.47. The molecule has 1 aromatic carbocycles. The van der Waals surface area contributed by atoms with Gasteiger partial charge >= 0.3 is 5.97 Å². The molecular weight excluding hydrogens is 254 g/mol. The average Bonchev–Trinajstić information content (AvgIpc) is 2.89. The molecule has 1 aliphatic rings. The molecule has 1 aromatic rings. The summed E-state index contributed by atoms with van der Waals surface area (Å²) in [6.45, 7) is 3.98. The fourth-order valence-corrected chi connectivity index (χ4v) is 2.71. The van der Waals surface area contributed by atoms with Crippen LogP contribution in [-0.2, 0) is 9.59 Å². The van der Waals surface area contributed by atoms with Gasteiger partial charge in [-0.05, 0) is 38.7 Å². The van der Waals surface area contributed by atoms with Gasteiger partial charge in [0, 0.05) is 5.92 Å². The molecule has 1 aliphatic carbocycles. The summed E-state index contributed by atoms with van der Waals surface area (Å²) in [5.74, 6) is -1.34. The summed E-state index contributed by atoms with van der Waals surface area (Å²) in [4.78, 5) is 23.1. The molecule has 4 nitrogen and oxygen atoms in total. The number of aryl methyl sites for hydroxylation is 1. The molecule has 108 valence electrons. The number of carbonyl (C=O) groups is 2. The zero-order valence-corrected chi connectivity index (χ0v) is 11.9. The molecule has 2 rings (SSSR count). The highest BCUT2D eigenvalue weighted by molar-refractivity contribution is 5.81. The fourth-order valence-electron chi connectivity index (χ4n) is 2.71. The van der Waals surface area contributed by atoms with Crippen molar-refractivity contribution in [3.63, 3.8) is 0 Å². The highest BCUT2D eigenvalue weighted by Gasteiger charge is 2.34. The average molecular weight is 275 g/mol. The first kappa shape index (κ1) is 14.6. The van der Waals surface area contributed by atoms with Crippen LogP contribution in [0.1, 0.15) is 43.4 Å². The number of benzene rings is 1. The smallest absolute Gasteiger partial charge is 0.306 e.